The molecule has 0 saturated carbocycles. The molecule has 1 amide bonds. The molecular weight excluding hydrogens is 338 g/mol. The standard InChI is InChI=1S/C15H22BrNO4/c1-10(9-18)5-4-6-17-15(19)11-7-12(20-2)14(16)13(8-11)21-3/h7-8,10,18H,4-6,9H2,1-3H3,(H,17,19). The number of ether oxygens (including phenoxy) is 2. The van der Waals surface area contributed by atoms with Gasteiger partial charge in [-0.2, -0.15) is 0 Å². The Kier molecular flexibility index (Phi) is 7.53. The maximum Gasteiger partial charge on any atom is 0.251 e. The molecule has 0 aliphatic heterocycles. The number of aliphatic hydroxyl groups excluding tert-OH is 1. The number of amides is 1. The van der Waals surface area contributed by atoms with E-state index in [1.807, 2.05) is 6.92 Å². The summed E-state index contributed by atoms with van der Waals surface area (Å²) in [6, 6.07) is 3.33. The van der Waals surface area contributed by atoms with E-state index in [2.05, 4.69) is 21.2 Å². The first kappa shape index (κ1) is 17.8. The number of methoxy groups -OCH3 is 2. The fraction of sp³-hybridized carbons (Fsp3) is 0.533. The summed E-state index contributed by atoms with van der Waals surface area (Å²) in [5.74, 6) is 1.19. The van der Waals surface area contributed by atoms with Crippen molar-refractivity contribution < 1.29 is 19.4 Å². The highest BCUT2D eigenvalue weighted by Crippen LogP contribution is 2.35. The van der Waals surface area contributed by atoms with Crippen LogP contribution in [0.15, 0.2) is 16.6 Å². The summed E-state index contributed by atoms with van der Waals surface area (Å²) in [4.78, 5) is 12.1. The lowest BCUT2D eigenvalue weighted by Gasteiger charge is -2.12. The van der Waals surface area contributed by atoms with Crippen molar-refractivity contribution in [3.63, 3.8) is 0 Å². The molecule has 5 nitrogen and oxygen atoms in total. The second-order valence-electron chi connectivity index (χ2n) is 4.88. The minimum absolute atomic E-state index is 0.171. The number of carbonyl (C=O) groups is 1. The Bertz CT molecular complexity index is 454. The lowest BCUT2D eigenvalue weighted by molar-refractivity contribution is 0.0951. The average Bonchev–Trinajstić information content (AvgIpc) is 2.51. The number of rotatable bonds is 8. The van der Waals surface area contributed by atoms with E-state index in [-0.39, 0.29) is 18.4 Å². The summed E-state index contributed by atoms with van der Waals surface area (Å²) < 4.78 is 11.1. The highest BCUT2D eigenvalue weighted by molar-refractivity contribution is 9.10. The minimum Gasteiger partial charge on any atom is -0.495 e. The van der Waals surface area contributed by atoms with Crippen molar-refractivity contribution in [3.8, 4) is 11.5 Å². The molecule has 0 fully saturated rings. The van der Waals surface area contributed by atoms with Crippen molar-refractivity contribution in [1.29, 1.82) is 0 Å². The zero-order chi connectivity index (χ0) is 15.8. The highest BCUT2D eigenvalue weighted by Gasteiger charge is 2.14. The molecule has 0 aromatic heterocycles. The van der Waals surface area contributed by atoms with E-state index < -0.39 is 0 Å². The van der Waals surface area contributed by atoms with E-state index in [1.54, 1.807) is 12.1 Å². The van der Waals surface area contributed by atoms with Gasteiger partial charge in [0.05, 0.1) is 14.2 Å². The Morgan fingerprint density at radius 2 is 1.90 bits per heavy atom. The third-order valence-electron chi connectivity index (χ3n) is 3.18. The molecule has 1 rings (SSSR count). The number of halogens is 1. The second kappa shape index (κ2) is 8.89. The summed E-state index contributed by atoms with van der Waals surface area (Å²) in [6.45, 7) is 2.73. The summed E-state index contributed by atoms with van der Waals surface area (Å²) in [6.07, 6.45) is 1.71. The molecule has 1 aromatic carbocycles. The van der Waals surface area contributed by atoms with Gasteiger partial charge in [0.2, 0.25) is 0 Å². The van der Waals surface area contributed by atoms with Gasteiger partial charge in [-0.05, 0) is 46.8 Å². The van der Waals surface area contributed by atoms with Crippen LogP contribution in [0.3, 0.4) is 0 Å². The molecule has 1 aromatic rings. The van der Waals surface area contributed by atoms with Crippen molar-refractivity contribution in [2.75, 3.05) is 27.4 Å². The predicted molar refractivity (Wildman–Crippen MR) is 85.1 cm³/mol. The maximum atomic E-state index is 12.1. The van der Waals surface area contributed by atoms with Crippen LogP contribution in [0.4, 0.5) is 0 Å². The number of hydrogen-bond donors (Lipinski definition) is 2. The fourth-order valence-corrected chi connectivity index (χ4v) is 2.40. The second-order valence-corrected chi connectivity index (χ2v) is 5.67. The van der Waals surface area contributed by atoms with Crippen LogP contribution in [-0.2, 0) is 0 Å². The molecular formula is C15H22BrNO4. The molecule has 6 heteroatoms. The van der Waals surface area contributed by atoms with Crippen molar-refractivity contribution in [2.24, 2.45) is 5.92 Å². The number of benzene rings is 1. The van der Waals surface area contributed by atoms with Crippen LogP contribution < -0.4 is 14.8 Å². The SMILES string of the molecule is COc1cc(C(=O)NCCCC(C)CO)cc(OC)c1Br. The van der Waals surface area contributed by atoms with Gasteiger partial charge in [-0.15, -0.1) is 0 Å². The number of nitrogens with one attached hydrogen (secondary N) is 1. The van der Waals surface area contributed by atoms with Gasteiger partial charge in [-0.3, -0.25) is 4.79 Å². The Morgan fingerprint density at radius 1 is 1.33 bits per heavy atom. The molecule has 21 heavy (non-hydrogen) atoms. The van der Waals surface area contributed by atoms with Crippen LogP contribution in [0.25, 0.3) is 0 Å². The summed E-state index contributed by atoms with van der Waals surface area (Å²) >= 11 is 3.37. The van der Waals surface area contributed by atoms with E-state index in [4.69, 9.17) is 14.6 Å². The topological polar surface area (TPSA) is 67.8 Å². The molecule has 118 valence electrons. The lowest BCUT2D eigenvalue weighted by Crippen LogP contribution is -2.25. The van der Waals surface area contributed by atoms with Crippen LogP contribution in [0.5, 0.6) is 11.5 Å². The summed E-state index contributed by atoms with van der Waals surface area (Å²) in [5, 5.41) is 11.8. The van der Waals surface area contributed by atoms with Gasteiger partial charge in [0.1, 0.15) is 16.0 Å². The van der Waals surface area contributed by atoms with Gasteiger partial charge in [0, 0.05) is 18.7 Å². The molecule has 0 aliphatic carbocycles. The third-order valence-corrected chi connectivity index (χ3v) is 3.96. The third kappa shape index (κ3) is 5.21. The highest BCUT2D eigenvalue weighted by atomic mass is 79.9. The first-order valence-electron chi connectivity index (χ1n) is 6.84. The molecule has 0 radical (unpaired) electrons. The quantitative estimate of drug-likeness (QED) is 0.700. The Morgan fingerprint density at radius 3 is 2.38 bits per heavy atom. The van der Waals surface area contributed by atoms with Gasteiger partial charge in [-0.1, -0.05) is 6.92 Å². The Balaban J connectivity index is 2.65. The normalized spacial score (nSPS) is 11.9. The lowest BCUT2D eigenvalue weighted by atomic mass is 10.1. The molecule has 0 spiro atoms. The van der Waals surface area contributed by atoms with Crippen LogP contribution in [0, 0.1) is 5.92 Å². The van der Waals surface area contributed by atoms with Gasteiger partial charge in [0.25, 0.3) is 5.91 Å². The first-order valence-corrected chi connectivity index (χ1v) is 7.63. The Labute approximate surface area is 133 Å². The number of aliphatic hydroxyl groups is 1. The predicted octanol–water partition coefficient (Wildman–Crippen LogP) is 2.60. The molecule has 1 atom stereocenters. The average molecular weight is 360 g/mol. The largest absolute Gasteiger partial charge is 0.495 e. The molecule has 2 N–H and O–H groups in total. The summed E-state index contributed by atoms with van der Waals surface area (Å²) in [7, 11) is 3.08. The maximum absolute atomic E-state index is 12.1. The van der Waals surface area contributed by atoms with Gasteiger partial charge in [-0.25, -0.2) is 0 Å². The fourth-order valence-electron chi connectivity index (χ4n) is 1.85. The Hall–Kier alpha value is -1.27. The molecule has 0 bridgehead atoms. The van der Waals surface area contributed by atoms with Crippen LogP contribution in [0.1, 0.15) is 30.1 Å². The van der Waals surface area contributed by atoms with Gasteiger partial charge < -0.3 is 19.9 Å². The van der Waals surface area contributed by atoms with Crippen molar-refractivity contribution in [3.05, 3.63) is 22.2 Å². The van der Waals surface area contributed by atoms with E-state index >= 15 is 0 Å². The number of hydrogen-bond acceptors (Lipinski definition) is 4. The van der Waals surface area contributed by atoms with E-state index in [0.717, 1.165) is 12.8 Å². The van der Waals surface area contributed by atoms with Crippen LogP contribution in [0.2, 0.25) is 0 Å². The minimum atomic E-state index is -0.171. The molecule has 0 aliphatic rings. The summed E-state index contributed by atoms with van der Waals surface area (Å²) in [5.41, 5.74) is 0.488. The zero-order valence-electron chi connectivity index (χ0n) is 12.6. The molecule has 1 unspecified atom stereocenters. The van der Waals surface area contributed by atoms with Crippen LogP contribution >= 0.6 is 15.9 Å². The van der Waals surface area contributed by atoms with Crippen molar-refractivity contribution >= 4 is 21.8 Å². The first-order chi connectivity index (χ1) is 10.0. The van der Waals surface area contributed by atoms with E-state index in [0.29, 0.717) is 28.1 Å². The molecule has 0 saturated heterocycles. The van der Waals surface area contributed by atoms with Crippen molar-refractivity contribution in [2.45, 2.75) is 19.8 Å². The van der Waals surface area contributed by atoms with Crippen LogP contribution in [-0.4, -0.2) is 38.4 Å². The van der Waals surface area contributed by atoms with Crippen molar-refractivity contribution in [1.82, 2.24) is 5.32 Å². The monoisotopic (exact) mass is 359 g/mol. The van der Waals surface area contributed by atoms with Gasteiger partial charge >= 0.3 is 0 Å². The number of carbonyl (C=O) groups excluding carboxylic acids is 1. The van der Waals surface area contributed by atoms with Gasteiger partial charge in [0.15, 0.2) is 0 Å². The molecule has 0 heterocycles. The smallest absolute Gasteiger partial charge is 0.251 e. The van der Waals surface area contributed by atoms with E-state index in [1.165, 1.54) is 14.2 Å². The van der Waals surface area contributed by atoms with E-state index in [9.17, 15) is 4.79 Å². The zero-order valence-corrected chi connectivity index (χ0v) is 14.2.